The van der Waals surface area contributed by atoms with Gasteiger partial charge in [-0.25, -0.2) is 10.8 Å². The molecular weight excluding hydrogens is 475 g/mol. The van der Waals surface area contributed by atoms with E-state index in [1.807, 2.05) is 36.4 Å². The quantitative estimate of drug-likeness (QED) is 0.337. The number of rotatable bonds is 4. The van der Waals surface area contributed by atoms with Crippen LogP contribution in [0.15, 0.2) is 65.5 Å². The summed E-state index contributed by atoms with van der Waals surface area (Å²) in [4.78, 5) is 34.1. The van der Waals surface area contributed by atoms with Crippen molar-refractivity contribution < 1.29 is 27.9 Å². The summed E-state index contributed by atoms with van der Waals surface area (Å²) in [5, 5.41) is 7.80. The van der Waals surface area contributed by atoms with Crippen LogP contribution in [0.25, 0.3) is 11.3 Å². The number of fused-ring (bicyclic) bond motifs is 1. The molecule has 8 nitrogen and oxygen atoms in total. The Bertz CT molecular complexity index is 1240. The zero-order chi connectivity index (χ0) is 24.9. The second-order valence-electron chi connectivity index (χ2n) is 6.95. The van der Waals surface area contributed by atoms with Crippen molar-refractivity contribution in [2.24, 2.45) is 10.8 Å². The first-order chi connectivity index (χ1) is 16.1. The Kier molecular flexibility index (Phi) is 7.59. The zero-order valence-electron chi connectivity index (χ0n) is 17.3. The number of alkyl halides is 3. The summed E-state index contributed by atoms with van der Waals surface area (Å²) in [5.74, 6) is 2.81. The van der Waals surface area contributed by atoms with Crippen LogP contribution in [-0.4, -0.2) is 38.8 Å². The average molecular weight is 492 g/mol. The highest BCUT2D eigenvalue weighted by atomic mass is 35.5. The van der Waals surface area contributed by atoms with Crippen molar-refractivity contribution in [3.05, 3.63) is 82.4 Å². The van der Waals surface area contributed by atoms with Crippen LogP contribution in [0.4, 0.5) is 13.2 Å². The Morgan fingerprint density at radius 1 is 1.12 bits per heavy atom. The van der Waals surface area contributed by atoms with E-state index >= 15 is 0 Å². The van der Waals surface area contributed by atoms with Crippen LogP contribution in [0.5, 0.6) is 0 Å². The molecule has 0 saturated carbocycles. The molecule has 0 bridgehead atoms. The summed E-state index contributed by atoms with van der Waals surface area (Å²) < 4.78 is 32.8. The minimum Gasteiger partial charge on any atom is -0.481 e. The Hall–Kier alpha value is -3.83. The average Bonchev–Trinajstić information content (AvgIpc) is 3.21. The third-order valence-electron chi connectivity index (χ3n) is 4.53. The monoisotopic (exact) mass is 491 g/mol. The zero-order valence-corrected chi connectivity index (χ0v) is 18.1. The first kappa shape index (κ1) is 24.8. The lowest BCUT2D eigenvalue weighted by molar-refractivity contribution is -0.166. The number of aliphatic carboxylic acids is 1. The largest absolute Gasteiger partial charge is 0.481 e. The predicted molar refractivity (Wildman–Crippen MR) is 120 cm³/mol. The van der Waals surface area contributed by atoms with Gasteiger partial charge in [0.25, 0.3) is 5.91 Å². The molecule has 2 aliphatic rings. The molecule has 0 unspecified atom stereocenters. The van der Waals surface area contributed by atoms with E-state index in [0.717, 1.165) is 33.8 Å². The molecule has 0 aromatic carbocycles. The highest BCUT2D eigenvalue weighted by Gasteiger charge is 2.30. The van der Waals surface area contributed by atoms with E-state index in [0.29, 0.717) is 6.42 Å². The molecular formula is C22H17ClF3N5O3. The van der Waals surface area contributed by atoms with Crippen LogP contribution >= 0.6 is 11.6 Å². The molecule has 2 aromatic rings. The second kappa shape index (κ2) is 10.4. The molecule has 0 radical (unpaired) electrons. The highest BCUT2D eigenvalue weighted by Crippen LogP contribution is 2.35. The first-order valence-corrected chi connectivity index (χ1v) is 10.0. The van der Waals surface area contributed by atoms with Crippen LogP contribution in [0.3, 0.4) is 0 Å². The van der Waals surface area contributed by atoms with Crippen molar-refractivity contribution >= 4 is 40.5 Å². The Labute approximate surface area is 196 Å². The molecule has 0 saturated heterocycles. The predicted octanol–water partition coefficient (Wildman–Crippen LogP) is 3.97. The van der Waals surface area contributed by atoms with Gasteiger partial charge in [-0.1, -0.05) is 23.7 Å². The maximum absolute atomic E-state index is 11.8. The first-order valence-electron chi connectivity index (χ1n) is 9.66. The van der Waals surface area contributed by atoms with Gasteiger partial charge in [0.2, 0.25) is 0 Å². The van der Waals surface area contributed by atoms with Crippen molar-refractivity contribution in [1.29, 1.82) is 0 Å². The van der Waals surface area contributed by atoms with Crippen LogP contribution in [0.2, 0.25) is 5.02 Å². The van der Waals surface area contributed by atoms with E-state index in [1.165, 1.54) is 0 Å². The number of carboxylic acids is 1. The van der Waals surface area contributed by atoms with Crippen LogP contribution in [0, 0.1) is 0 Å². The number of aliphatic imine (C=N–C) groups is 1. The van der Waals surface area contributed by atoms with E-state index in [2.05, 4.69) is 20.4 Å². The molecule has 0 fully saturated rings. The summed E-state index contributed by atoms with van der Waals surface area (Å²) in [7, 11) is 0. The van der Waals surface area contributed by atoms with Crippen LogP contribution in [-0.2, 0) is 4.79 Å². The van der Waals surface area contributed by atoms with E-state index in [1.54, 1.807) is 18.5 Å². The van der Waals surface area contributed by atoms with Crippen LogP contribution < -0.4 is 11.3 Å². The molecule has 176 valence electrons. The molecule has 4 N–H and O–H groups in total. The molecule has 2 aromatic heterocycles. The number of pyridine rings is 2. The van der Waals surface area contributed by atoms with Crippen LogP contribution in [0.1, 0.15) is 34.6 Å². The molecule has 1 aliphatic heterocycles. The number of nitrogen functional groups attached to an aromatic ring is 1. The van der Waals surface area contributed by atoms with Crippen molar-refractivity contribution in [2.45, 2.75) is 19.0 Å². The fourth-order valence-corrected chi connectivity index (χ4v) is 3.40. The normalized spacial score (nSPS) is 14.5. The van der Waals surface area contributed by atoms with E-state index in [-0.39, 0.29) is 10.7 Å². The van der Waals surface area contributed by atoms with Gasteiger partial charge in [0.1, 0.15) is 12.1 Å². The fraction of sp³-hybridized carbons (Fsp3) is 0.136. The lowest BCUT2D eigenvalue weighted by Crippen LogP contribution is -2.31. The van der Waals surface area contributed by atoms with Gasteiger partial charge in [-0.2, -0.15) is 13.2 Å². The summed E-state index contributed by atoms with van der Waals surface area (Å²) in [6.07, 6.45) is 3.67. The van der Waals surface area contributed by atoms with Gasteiger partial charge in [0.15, 0.2) is 0 Å². The number of carbonyl (C=O) groups excluding carboxylic acids is 1. The van der Waals surface area contributed by atoms with Gasteiger partial charge in [-0.3, -0.25) is 25.0 Å². The molecule has 34 heavy (non-hydrogen) atoms. The van der Waals surface area contributed by atoms with Gasteiger partial charge in [0, 0.05) is 24.4 Å². The van der Waals surface area contributed by atoms with Crippen molar-refractivity contribution in [3.8, 4) is 0 Å². The molecule has 12 heteroatoms. The Morgan fingerprint density at radius 3 is 2.47 bits per heavy atom. The lowest BCUT2D eigenvalue weighted by atomic mass is 9.93. The number of amides is 1. The number of nitrogens with one attached hydrogen (secondary N) is 1. The fourth-order valence-electron chi connectivity index (χ4n) is 3.09. The minimum absolute atomic E-state index is 0.0987. The highest BCUT2D eigenvalue weighted by molar-refractivity contribution is 6.35. The number of nitrogens with two attached hydrogens (primary N) is 1. The van der Waals surface area contributed by atoms with Gasteiger partial charge < -0.3 is 5.11 Å². The van der Waals surface area contributed by atoms with E-state index in [4.69, 9.17) is 22.6 Å². The van der Waals surface area contributed by atoms with Crippen molar-refractivity contribution in [2.75, 3.05) is 0 Å². The second-order valence-corrected chi connectivity index (χ2v) is 7.32. The third kappa shape index (κ3) is 6.15. The number of carbonyl (C=O) groups is 2. The van der Waals surface area contributed by atoms with Crippen molar-refractivity contribution in [3.63, 3.8) is 0 Å². The molecule has 0 spiro atoms. The molecule has 1 aliphatic carbocycles. The SMILES string of the molecule is NNC(=O)c1nccc(C2=CCC3=NC(c4ccccn4)=CC3=C2)c1Cl.O=C(O)CC(F)(F)F. The Morgan fingerprint density at radius 2 is 1.88 bits per heavy atom. The van der Waals surface area contributed by atoms with Gasteiger partial charge in [-0.15, -0.1) is 0 Å². The third-order valence-corrected chi connectivity index (χ3v) is 4.92. The number of nitrogens with zero attached hydrogens (tertiary/aromatic N) is 3. The van der Waals surface area contributed by atoms with E-state index < -0.39 is 24.5 Å². The van der Waals surface area contributed by atoms with E-state index in [9.17, 15) is 22.8 Å². The number of allylic oxidation sites excluding steroid dienone is 5. The maximum atomic E-state index is 11.8. The number of hydrogen-bond donors (Lipinski definition) is 3. The summed E-state index contributed by atoms with van der Waals surface area (Å²) in [6, 6.07) is 7.52. The topological polar surface area (TPSA) is 131 Å². The minimum atomic E-state index is -4.58. The smallest absolute Gasteiger partial charge is 0.399 e. The van der Waals surface area contributed by atoms with Gasteiger partial charge in [-0.05, 0) is 41.5 Å². The maximum Gasteiger partial charge on any atom is 0.399 e. The number of hydrazine groups is 1. The Balaban J connectivity index is 0.000000350. The summed E-state index contributed by atoms with van der Waals surface area (Å²) in [6.45, 7) is 0. The van der Waals surface area contributed by atoms with Gasteiger partial charge >= 0.3 is 12.1 Å². The number of hydrogen-bond acceptors (Lipinski definition) is 6. The number of halogens is 4. The molecule has 4 rings (SSSR count). The molecule has 3 heterocycles. The van der Waals surface area contributed by atoms with Crippen molar-refractivity contribution in [1.82, 2.24) is 15.4 Å². The molecule has 0 atom stereocenters. The summed E-state index contributed by atoms with van der Waals surface area (Å²) >= 11 is 6.38. The standard InChI is InChI=1S/C19H14ClN5O.C3H3F3O2/c20-17-13(6-8-23-18(17)19(26)25-21)11-4-5-14-12(9-11)10-16(24-14)15-3-1-2-7-22-15;4-3(5,6)1-2(7)8/h1-4,6-10H,5,21H2,(H,25,26);1H2,(H,7,8). The molecule has 1 amide bonds. The summed E-state index contributed by atoms with van der Waals surface area (Å²) in [5.41, 5.74) is 7.47. The lowest BCUT2D eigenvalue weighted by Gasteiger charge is -2.13. The van der Waals surface area contributed by atoms with Gasteiger partial charge in [0.05, 0.1) is 22.1 Å². The number of carboxylic acid groups (broad SMARTS) is 1. The number of aromatic nitrogens is 2.